The molecular formula is C27H23FN6O. The molecule has 2 aromatic heterocycles. The minimum Gasteiger partial charge on any atom is -0.497 e. The van der Waals surface area contributed by atoms with Gasteiger partial charge in [0, 0.05) is 17.3 Å². The number of methoxy groups -OCH3 is 1. The Morgan fingerprint density at radius 1 is 0.971 bits per heavy atom. The highest BCUT2D eigenvalue weighted by Gasteiger charge is 2.33. The molecule has 1 aliphatic heterocycles. The van der Waals surface area contributed by atoms with Gasteiger partial charge in [0.2, 0.25) is 5.95 Å². The molecule has 35 heavy (non-hydrogen) atoms. The minimum atomic E-state index is -0.254. The topological polar surface area (TPSA) is 69.8 Å². The van der Waals surface area contributed by atoms with Crippen LogP contribution in [0.25, 0.3) is 16.9 Å². The van der Waals surface area contributed by atoms with Gasteiger partial charge in [-0.1, -0.05) is 30.3 Å². The summed E-state index contributed by atoms with van der Waals surface area (Å²) in [7, 11) is 1.65. The fourth-order valence-corrected chi connectivity index (χ4v) is 4.61. The fraction of sp³-hybridized carbons (Fsp3) is 0.148. The number of halogens is 1. The molecule has 3 heterocycles. The Bertz CT molecular complexity index is 1440. The summed E-state index contributed by atoms with van der Waals surface area (Å²) in [5.41, 5.74) is 4.83. The molecule has 8 heteroatoms. The minimum absolute atomic E-state index is 0.0545. The van der Waals surface area contributed by atoms with Gasteiger partial charge < -0.3 is 10.1 Å². The average molecular weight is 467 g/mol. The largest absolute Gasteiger partial charge is 0.497 e. The van der Waals surface area contributed by atoms with Gasteiger partial charge in [0.15, 0.2) is 0 Å². The predicted octanol–water partition coefficient (Wildman–Crippen LogP) is 5.42. The van der Waals surface area contributed by atoms with Crippen molar-refractivity contribution in [1.29, 1.82) is 0 Å². The molecule has 2 atom stereocenters. The lowest BCUT2D eigenvalue weighted by atomic mass is 9.92. The molecule has 0 saturated heterocycles. The third-order valence-corrected chi connectivity index (χ3v) is 6.39. The summed E-state index contributed by atoms with van der Waals surface area (Å²) in [6.07, 6.45) is 4.32. The van der Waals surface area contributed by atoms with Crippen LogP contribution in [-0.2, 0) is 0 Å². The molecule has 7 nitrogen and oxygen atoms in total. The van der Waals surface area contributed by atoms with E-state index in [0.29, 0.717) is 12.4 Å². The van der Waals surface area contributed by atoms with Gasteiger partial charge >= 0.3 is 0 Å². The first-order valence-corrected chi connectivity index (χ1v) is 11.4. The molecule has 0 aliphatic carbocycles. The van der Waals surface area contributed by atoms with E-state index >= 15 is 0 Å². The zero-order valence-corrected chi connectivity index (χ0v) is 19.0. The van der Waals surface area contributed by atoms with Gasteiger partial charge in [-0.15, -0.1) is 0 Å². The fourth-order valence-electron chi connectivity index (χ4n) is 4.61. The van der Waals surface area contributed by atoms with Crippen molar-refractivity contribution in [1.82, 2.24) is 24.5 Å². The number of nitrogens with zero attached hydrogens (tertiary/aromatic N) is 5. The highest BCUT2D eigenvalue weighted by molar-refractivity contribution is 5.65. The van der Waals surface area contributed by atoms with Crippen LogP contribution in [0.15, 0.2) is 91.4 Å². The zero-order chi connectivity index (χ0) is 23.8. The van der Waals surface area contributed by atoms with Crippen LogP contribution in [0.1, 0.15) is 29.6 Å². The number of benzene rings is 3. The summed E-state index contributed by atoms with van der Waals surface area (Å²) >= 11 is 0. The highest BCUT2D eigenvalue weighted by atomic mass is 19.1. The summed E-state index contributed by atoms with van der Waals surface area (Å²) in [6, 6.07) is 24.4. The monoisotopic (exact) mass is 466 g/mol. The maximum absolute atomic E-state index is 13.6. The molecule has 0 bridgehead atoms. The lowest BCUT2D eigenvalue weighted by Gasteiger charge is -2.31. The number of aromatic nitrogens is 5. The number of anilines is 1. The first-order chi connectivity index (χ1) is 17.2. The van der Waals surface area contributed by atoms with E-state index in [0.717, 1.165) is 33.8 Å². The Kier molecular flexibility index (Phi) is 5.25. The normalized spacial score (nSPS) is 17.0. The smallest absolute Gasteiger partial charge is 0.222 e. The SMILES string of the molecule is COc1ccc(-c2nn(-c3ccccc3)cc2[C@@H]2C[C@@H](c3ccc(F)cc3)Nc3ncnn32)cc1. The molecule has 1 N–H and O–H groups in total. The lowest BCUT2D eigenvalue weighted by Crippen LogP contribution is -2.28. The molecule has 0 amide bonds. The summed E-state index contributed by atoms with van der Waals surface area (Å²) < 4.78 is 22.7. The van der Waals surface area contributed by atoms with Gasteiger partial charge in [0.25, 0.3) is 0 Å². The Hall–Kier alpha value is -4.46. The van der Waals surface area contributed by atoms with Crippen molar-refractivity contribution in [3.8, 4) is 22.7 Å². The molecule has 0 unspecified atom stereocenters. The maximum atomic E-state index is 13.6. The van der Waals surface area contributed by atoms with Crippen molar-refractivity contribution in [3.63, 3.8) is 0 Å². The van der Waals surface area contributed by atoms with Crippen LogP contribution in [0.4, 0.5) is 10.3 Å². The molecule has 6 rings (SSSR count). The van der Waals surface area contributed by atoms with Crippen LogP contribution in [0.5, 0.6) is 5.75 Å². The van der Waals surface area contributed by atoms with Crippen LogP contribution in [0.3, 0.4) is 0 Å². The number of rotatable bonds is 5. The second-order valence-electron chi connectivity index (χ2n) is 8.47. The van der Waals surface area contributed by atoms with Gasteiger partial charge in [-0.3, -0.25) is 0 Å². The van der Waals surface area contributed by atoms with E-state index in [-0.39, 0.29) is 17.9 Å². The average Bonchev–Trinajstić information content (AvgIpc) is 3.57. The Balaban J connectivity index is 1.48. The van der Waals surface area contributed by atoms with Crippen molar-refractivity contribution in [2.24, 2.45) is 0 Å². The van der Waals surface area contributed by atoms with Gasteiger partial charge in [-0.2, -0.15) is 15.2 Å². The summed E-state index contributed by atoms with van der Waals surface area (Å²) in [5.74, 6) is 1.20. The molecule has 3 aromatic carbocycles. The van der Waals surface area contributed by atoms with E-state index in [2.05, 4.69) is 21.6 Å². The molecule has 5 aromatic rings. The summed E-state index contributed by atoms with van der Waals surface area (Å²) in [6.45, 7) is 0. The molecule has 0 spiro atoms. The van der Waals surface area contributed by atoms with Gasteiger partial charge in [-0.05, 0) is 60.5 Å². The van der Waals surface area contributed by atoms with E-state index in [1.54, 1.807) is 13.4 Å². The molecular weight excluding hydrogens is 443 g/mol. The standard InChI is InChI=1S/C27H23FN6O/c1-35-22-13-9-19(10-14-22)26-23(16-33(32-26)21-5-3-2-4-6-21)25-15-24(18-7-11-20(28)12-8-18)31-27-29-17-30-34(25)27/h2-14,16-17,24-25H,15H2,1H3,(H,29,30,31)/t24-,25-/m0/s1. The first-order valence-electron chi connectivity index (χ1n) is 11.4. The lowest BCUT2D eigenvalue weighted by molar-refractivity contribution is 0.415. The number of fused-ring (bicyclic) bond motifs is 1. The zero-order valence-electron chi connectivity index (χ0n) is 19.0. The van der Waals surface area contributed by atoms with Crippen LogP contribution in [0, 0.1) is 5.82 Å². The van der Waals surface area contributed by atoms with Crippen molar-refractivity contribution in [2.75, 3.05) is 12.4 Å². The van der Waals surface area contributed by atoms with Gasteiger partial charge in [0.05, 0.1) is 30.6 Å². The Labute approximate surface area is 201 Å². The van der Waals surface area contributed by atoms with Crippen LogP contribution in [0.2, 0.25) is 0 Å². The van der Waals surface area contributed by atoms with Crippen LogP contribution < -0.4 is 10.1 Å². The number of ether oxygens (including phenoxy) is 1. The number of nitrogens with one attached hydrogen (secondary N) is 1. The van der Waals surface area contributed by atoms with E-state index < -0.39 is 0 Å². The van der Waals surface area contributed by atoms with Crippen LogP contribution in [-0.4, -0.2) is 31.7 Å². The Morgan fingerprint density at radius 3 is 2.49 bits per heavy atom. The van der Waals surface area contributed by atoms with E-state index in [9.17, 15) is 4.39 Å². The second-order valence-corrected chi connectivity index (χ2v) is 8.47. The second kappa shape index (κ2) is 8.72. The van der Waals surface area contributed by atoms with Gasteiger partial charge in [0.1, 0.15) is 17.9 Å². The quantitative estimate of drug-likeness (QED) is 0.374. The van der Waals surface area contributed by atoms with Crippen LogP contribution >= 0.6 is 0 Å². The van der Waals surface area contributed by atoms with Crippen molar-refractivity contribution >= 4 is 5.95 Å². The number of para-hydroxylation sites is 1. The third kappa shape index (κ3) is 3.93. The summed E-state index contributed by atoms with van der Waals surface area (Å²) in [5, 5.41) is 13.0. The van der Waals surface area contributed by atoms with E-state index in [1.807, 2.05) is 76.1 Å². The predicted molar refractivity (Wildman–Crippen MR) is 131 cm³/mol. The Morgan fingerprint density at radius 2 is 1.74 bits per heavy atom. The number of hydrogen-bond donors (Lipinski definition) is 1. The molecule has 0 saturated carbocycles. The number of hydrogen-bond acceptors (Lipinski definition) is 5. The highest BCUT2D eigenvalue weighted by Crippen LogP contribution is 2.41. The maximum Gasteiger partial charge on any atom is 0.222 e. The molecule has 0 fully saturated rings. The molecule has 1 aliphatic rings. The molecule has 174 valence electrons. The van der Waals surface area contributed by atoms with Gasteiger partial charge in [-0.25, -0.2) is 13.8 Å². The summed E-state index contributed by atoms with van der Waals surface area (Å²) in [4.78, 5) is 4.44. The molecule has 0 radical (unpaired) electrons. The van der Waals surface area contributed by atoms with Crippen molar-refractivity contribution < 1.29 is 9.13 Å². The third-order valence-electron chi connectivity index (χ3n) is 6.39. The van der Waals surface area contributed by atoms with Crippen molar-refractivity contribution in [3.05, 3.63) is 108 Å². The van der Waals surface area contributed by atoms with E-state index in [1.165, 1.54) is 12.1 Å². The first kappa shape index (κ1) is 21.1. The van der Waals surface area contributed by atoms with Crippen molar-refractivity contribution in [2.45, 2.75) is 18.5 Å². The van der Waals surface area contributed by atoms with E-state index in [4.69, 9.17) is 9.84 Å².